The SMILES string of the molecule is C[C@H]1[C@@H](CCC(=O)Nc2ccc(Sc3ccccc3)cc2)O[C@@H]2O[C@]3(C)CC[C@H]4[C@H](C)CC[C@@H]1[C@@]24OO3. The number of nitrogens with one attached hydrogen (secondary N) is 1. The lowest BCUT2D eigenvalue weighted by Gasteiger charge is -2.60. The smallest absolute Gasteiger partial charge is 0.224 e. The van der Waals surface area contributed by atoms with Crippen LogP contribution in [0.1, 0.15) is 59.3 Å². The lowest BCUT2D eigenvalue weighted by molar-refractivity contribution is -0.571. The van der Waals surface area contributed by atoms with Crippen molar-refractivity contribution in [3.8, 4) is 0 Å². The van der Waals surface area contributed by atoms with Crippen molar-refractivity contribution in [2.75, 3.05) is 5.32 Å². The average Bonchev–Trinajstić information content (AvgIpc) is 3.13. The van der Waals surface area contributed by atoms with Gasteiger partial charge in [0, 0.05) is 34.2 Å². The van der Waals surface area contributed by atoms with Crippen LogP contribution >= 0.6 is 11.8 Å². The van der Waals surface area contributed by atoms with Crippen LogP contribution in [0.2, 0.25) is 0 Å². The van der Waals surface area contributed by atoms with Crippen LogP contribution in [0.5, 0.6) is 0 Å². The van der Waals surface area contributed by atoms with Crippen LogP contribution in [-0.2, 0) is 24.0 Å². The summed E-state index contributed by atoms with van der Waals surface area (Å²) in [5, 5.41) is 3.06. The Kier molecular flexibility index (Phi) is 6.87. The molecule has 7 rings (SSSR count). The summed E-state index contributed by atoms with van der Waals surface area (Å²) in [5.74, 6) is 0.674. The molecule has 1 amide bonds. The molecule has 5 aliphatic rings. The maximum atomic E-state index is 12.9. The second-order valence-corrected chi connectivity index (χ2v) is 12.6. The minimum Gasteiger partial charge on any atom is -0.346 e. The largest absolute Gasteiger partial charge is 0.346 e. The van der Waals surface area contributed by atoms with E-state index >= 15 is 0 Å². The molecule has 6 nitrogen and oxygen atoms in total. The van der Waals surface area contributed by atoms with E-state index < -0.39 is 17.7 Å². The van der Waals surface area contributed by atoms with Gasteiger partial charge in [0.1, 0.15) is 0 Å². The van der Waals surface area contributed by atoms with Crippen LogP contribution < -0.4 is 5.32 Å². The van der Waals surface area contributed by atoms with Gasteiger partial charge in [-0.2, -0.15) is 0 Å². The molecule has 7 heteroatoms. The standard InChI is InChI=1S/C30H37NO5S/c1-19-9-14-25-20(2)26(33-28-30(25)24(19)17-18-29(3,34-28)35-36-30)15-16-27(32)31-21-10-12-23(13-11-21)37-22-7-5-4-6-8-22/h4-8,10-13,19-20,24-26,28H,9,14-18H2,1-3H3,(H,31,32)/t19-,20-,24+,25+,26-,28-,29+,30-/m1/s1. The topological polar surface area (TPSA) is 66.0 Å². The number of carbonyl (C=O) groups is 1. The number of hydrogen-bond donors (Lipinski definition) is 1. The van der Waals surface area contributed by atoms with Crippen LogP contribution in [-0.4, -0.2) is 29.7 Å². The number of amides is 1. The summed E-state index contributed by atoms with van der Waals surface area (Å²) in [7, 11) is 0. The normalized spacial score (nSPS) is 38.5. The van der Waals surface area contributed by atoms with Gasteiger partial charge in [0.15, 0.2) is 11.9 Å². The van der Waals surface area contributed by atoms with Gasteiger partial charge in [-0.25, -0.2) is 9.78 Å². The molecule has 2 bridgehead atoms. The number of ether oxygens (including phenoxy) is 2. The minimum absolute atomic E-state index is 0.00421. The molecular weight excluding hydrogens is 486 g/mol. The fourth-order valence-electron chi connectivity index (χ4n) is 7.04. The molecule has 4 saturated heterocycles. The van der Waals surface area contributed by atoms with Gasteiger partial charge in [0.05, 0.1) is 6.10 Å². The van der Waals surface area contributed by atoms with Gasteiger partial charge in [-0.1, -0.05) is 43.8 Å². The van der Waals surface area contributed by atoms with Crippen LogP contribution in [0.4, 0.5) is 5.69 Å². The fourth-order valence-corrected chi connectivity index (χ4v) is 7.87. The summed E-state index contributed by atoms with van der Waals surface area (Å²) >= 11 is 1.71. The summed E-state index contributed by atoms with van der Waals surface area (Å²) in [6.45, 7) is 6.52. The molecule has 0 aromatic heterocycles. The Morgan fingerprint density at radius 2 is 1.73 bits per heavy atom. The molecule has 1 aliphatic carbocycles. The fraction of sp³-hybridized carbons (Fsp3) is 0.567. The van der Waals surface area contributed by atoms with Gasteiger partial charge >= 0.3 is 0 Å². The first kappa shape index (κ1) is 25.4. The van der Waals surface area contributed by atoms with Gasteiger partial charge < -0.3 is 14.8 Å². The van der Waals surface area contributed by atoms with Crippen molar-refractivity contribution in [3.63, 3.8) is 0 Å². The average molecular weight is 524 g/mol. The van der Waals surface area contributed by atoms with Crippen molar-refractivity contribution in [1.82, 2.24) is 0 Å². The zero-order chi connectivity index (χ0) is 25.6. The molecule has 1 N–H and O–H groups in total. The van der Waals surface area contributed by atoms with Gasteiger partial charge in [-0.15, -0.1) is 0 Å². The summed E-state index contributed by atoms with van der Waals surface area (Å²) in [6.07, 6.45) is 4.62. The number of anilines is 1. The van der Waals surface area contributed by atoms with Gasteiger partial charge in [0.25, 0.3) is 0 Å². The Labute approximate surface area is 223 Å². The summed E-state index contributed by atoms with van der Waals surface area (Å²) in [5.41, 5.74) is 0.261. The highest BCUT2D eigenvalue weighted by Gasteiger charge is 2.69. The van der Waals surface area contributed by atoms with Crippen molar-refractivity contribution in [1.29, 1.82) is 0 Å². The Morgan fingerprint density at radius 1 is 0.973 bits per heavy atom. The molecule has 4 heterocycles. The molecule has 2 aromatic carbocycles. The van der Waals surface area contributed by atoms with E-state index in [0.29, 0.717) is 24.7 Å². The van der Waals surface area contributed by atoms with E-state index in [-0.39, 0.29) is 23.8 Å². The van der Waals surface area contributed by atoms with Gasteiger partial charge in [-0.3, -0.25) is 4.79 Å². The Morgan fingerprint density at radius 3 is 2.51 bits per heavy atom. The lowest BCUT2D eigenvalue weighted by Crippen LogP contribution is -2.70. The number of hydrogen-bond acceptors (Lipinski definition) is 6. The Balaban J connectivity index is 1.08. The predicted molar refractivity (Wildman–Crippen MR) is 142 cm³/mol. The van der Waals surface area contributed by atoms with E-state index in [4.69, 9.17) is 19.2 Å². The minimum atomic E-state index is -0.773. The van der Waals surface area contributed by atoms with Crippen LogP contribution in [0.25, 0.3) is 0 Å². The number of rotatable bonds is 6. The lowest BCUT2D eigenvalue weighted by atomic mass is 9.57. The highest BCUT2D eigenvalue weighted by molar-refractivity contribution is 7.99. The highest BCUT2D eigenvalue weighted by Crippen LogP contribution is 2.60. The molecule has 0 unspecified atom stereocenters. The van der Waals surface area contributed by atoms with Crippen molar-refractivity contribution >= 4 is 23.4 Å². The molecular formula is C30H37NO5S. The predicted octanol–water partition coefficient (Wildman–Crippen LogP) is 6.81. The molecule has 2 aromatic rings. The molecule has 8 atom stereocenters. The summed E-state index contributed by atoms with van der Waals surface area (Å²) < 4.78 is 13.1. The molecule has 1 saturated carbocycles. The highest BCUT2D eigenvalue weighted by atomic mass is 32.2. The Bertz CT molecular complexity index is 1110. The number of fused-ring (bicyclic) bond motifs is 2. The molecule has 1 spiro atoms. The zero-order valence-corrected chi connectivity index (χ0v) is 22.7. The molecule has 198 valence electrons. The van der Waals surface area contributed by atoms with E-state index in [1.165, 1.54) is 11.3 Å². The second-order valence-electron chi connectivity index (χ2n) is 11.5. The molecule has 4 aliphatic heterocycles. The summed E-state index contributed by atoms with van der Waals surface area (Å²) in [4.78, 5) is 27.3. The van der Waals surface area contributed by atoms with E-state index in [2.05, 4.69) is 31.3 Å². The monoisotopic (exact) mass is 523 g/mol. The second kappa shape index (κ2) is 10.0. The third-order valence-corrected chi connectivity index (χ3v) is 10.1. The zero-order valence-electron chi connectivity index (χ0n) is 21.9. The van der Waals surface area contributed by atoms with Crippen molar-refractivity contribution < 1.29 is 24.0 Å². The molecule has 5 fully saturated rings. The third-order valence-electron chi connectivity index (χ3n) is 9.07. The van der Waals surface area contributed by atoms with Crippen LogP contribution in [0.15, 0.2) is 64.4 Å². The van der Waals surface area contributed by atoms with Crippen LogP contribution in [0.3, 0.4) is 0 Å². The first-order chi connectivity index (χ1) is 17.9. The van der Waals surface area contributed by atoms with Crippen molar-refractivity contribution in [2.45, 2.75) is 92.9 Å². The van der Waals surface area contributed by atoms with Gasteiger partial charge in [0.2, 0.25) is 11.7 Å². The van der Waals surface area contributed by atoms with Crippen molar-refractivity contribution in [2.24, 2.45) is 23.7 Å². The van der Waals surface area contributed by atoms with Gasteiger partial charge in [-0.05, 0) is 86.8 Å². The van der Waals surface area contributed by atoms with Crippen LogP contribution in [0, 0.1) is 23.7 Å². The number of carbonyl (C=O) groups excluding carboxylic acids is 1. The van der Waals surface area contributed by atoms with Crippen molar-refractivity contribution in [3.05, 3.63) is 54.6 Å². The van der Waals surface area contributed by atoms with E-state index in [9.17, 15) is 4.79 Å². The number of benzene rings is 2. The van der Waals surface area contributed by atoms with E-state index in [1.807, 2.05) is 49.4 Å². The quantitative estimate of drug-likeness (QED) is 0.420. The van der Waals surface area contributed by atoms with E-state index in [1.54, 1.807) is 11.8 Å². The first-order valence-corrected chi connectivity index (χ1v) is 14.5. The Hall–Kier alpha value is -1.90. The first-order valence-electron chi connectivity index (χ1n) is 13.7. The summed E-state index contributed by atoms with van der Waals surface area (Å²) in [6, 6.07) is 18.3. The molecule has 0 radical (unpaired) electrons. The maximum absolute atomic E-state index is 12.9. The van der Waals surface area contributed by atoms with E-state index in [0.717, 1.165) is 29.8 Å². The third kappa shape index (κ3) is 4.74. The molecule has 37 heavy (non-hydrogen) atoms. The maximum Gasteiger partial charge on any atom is 0.224 e.